The van der Waals surface area contributed by atoms with E-state index in [0.29, 0.717) is 10.8 Å². The molecular weight excluding hydrogens is 210 g/mol. The van der Waals surface area contributed by atoms with Gasteiger partial charge < -0.3 is 0 Å². The quantitative estimate of drug-likeness (QED) is 0.785. The summed E-state index contributed by atoms with van der Waals surface area (Å²) in [4.78, 5) is 0. The highest BCUT2D eigenvalue weighted by Gasteiger charge is 2.28. The van der Waals surface area contributed by atoms with Crippen LogP contribution in [-0.2, 0) is 7.05 Å². The van der Waals surface area contributed by atoms with Crippen molar-refractivity contribution in [2.24, 2.45) is 7.05 Å². The van der Waals surface area contributed by atoms with E-state index in [4.69, 9.17) is 12.2 Å². The van der Waals surface area contributed by atoms with Crippen LogP contribution in [0.5, 0.6) is 0 Å². The molecule has 6 heteroatoms. The first-order chi connectivity index (χ1) is 7.27. The summed E-state index contributed by atoms with van der Waals surface area (Å²) in [5.41, 5.74) is 0.995. The van der Waals surface area contributed by atoms with E-state index in [1.54, 1.807) is 6.20 Å². The van der Waals surface area contributed by atoms with E-state index in [2.05, 4.69) is 19.9 Å². The standard InChI is InChI=1S/C9H11N5S/c1-13-7(4-5-10-13)8-11-12-9(15)14(8)6-2-3-6/h4-6H,2-3H2,1H3,(H,12,15). The highest BCUT2D eigenvalue weighted by molar-refractivity contribution is 7.71. The van der Waals surface area contributed by atoms with Crippen molar-refractivity contribution in [3.63, 3.8) is 0 Å². The lowest BCUT2D eigenvalue weighted by Gasteiger charge is -2.04. The van der Waals surface area contributed by atoms with Crippen LogP contribution in [-0.4, -0.2) is 24.5 Å². The van der Waals surface area contributed by atoms with E-state index in [-0.39, 0.29) is 0 Å². The predicted octanol–water partition coefficient (Wildman–Crippen LogP) is 1.68. The maximum Gasteiger partial charge on any atom is 0.195 e. The van der Waals surface area contributed by atoms with E-state index >= 15 is 0 Å². The lowest BCUT2D eigenvalue weighted by atomic mass is 10.4. The molecule has 2 aromatic rings. The van der Waals surface area contributed by atoms with Crippen molar-refractivity contribution in [1.29, 1.82) is 0 Å². The molecule has 0 amide bonds. The minimum atomic E-state index is 0.529. The minimum absolute atomic E-state index is 0.529. The Balaban J connectivity index is 2.20. The molecule has 1 saturated carbocycles. The van der Waals surface area contributed by atoms with Gasteiger partial charge in [-0.15, -0.1) is 0 Å². The maximum atomic E-state index is 5.22. The van der Waals surface area contributed by atoms with Gasteiger partial charge in [-0.1, -0.05) is 0 Å². The average Bonchev–Trinajstić information content (AvgIpc) is 2.85. The molecule has 0 radical (unpaired) electrons. The Morgan fingerprint density at radius 3 is 2.93 bits per heavy atom. The highest BCUT2D eigenvalue weighted by Crippen LogP contribution is 2.37. The van der Waals surface area contributed by atoms with Crippen molar-refractivity contribution in [2.45, 2.75) is 18.9 Å². The maximum absolute atomic E-state index is 5.22. The normalized spacial score (nSPS) is 15.8. The number of hydrogen-bond acceptors (Lipinski definition) is 3. The topological polar surface area (TPSA) is 51.4 Å². The van der Waals surface area contributed by atoms with Gasteiger partial charge in [0.1, 0.15) is 5.69 Å². The molecule has 1 aliphatic rings. The van der Waals surface area contributed by atoms with Gasteiger partial charge in [-0.3, -0.25) is 14.3 Å². The summed E-state index contributed by atoms with van der Waals surface area (Å²) in [6.45, 7) is 0. The molecule has 1 N–H and O–H groups in total. The minimum Gasteiger partial charge on any atom is -0.296 e. The Morgan fingerprint density at radius 2 is 2.33 bits per heavy atom. The lowest BCUT2D eigenvalue weighted by Crippen LogP contribution is -2.02. The van der Waals surface area contributed by atoms with Crippen molar-refractivity contribution >= 4 is 12.2 Å². The van der Waals surface area contributed by atoms with Crippen LogP contribution in [0.1, 0.15) is 18.9 Å². The van der Waals surface area contributed by atoms with E-state index < -0.39 is 0 Å². The molecule has 0 saturated heterocycles. The highest BCUT2D eigenvalue weighted by atomic mass is 32.1. The molecule has 5 nitrogen and oxygen atoms in total. The van der Waals surface area contributed by atoms with Crippen LogP contribution in [0.3, 0.4) is 0 Å². The summed E-state index contributed by atoms with van der Waals surface area (Å²) in [6.07, 6.45) is 4.15. The summed E-state index contributed by atoms with van der Waals surface area (Å²) >= 11 is 5.22. The van der Waals surface area contributed by atoms with Gasteiger partial charge in [0, 0.05) is 19.3 Å². The number of nitrogens with one attached hydrogen (secondary N) is 1. The number of aryl methyl sites for hydroxylation is 1. The molecule has 2 heterocycles. The molecule has 0 aromatic carbocycles. The molecule has 0 spiro atoms. The first-order valence-corrected chi connectivity index (χ1v) is 5.33. The largest absolute Gasteiger partial charge is 0.296 e. The summed E-state index contributed by atoms with van der Waals surface area (Å²) in [7, 11) is 1.91. The fourth-order valence-corrected chi connectivity index (χ4v) is 2.03. The SMILES string of the molecule is Cn1nccc1-c1n[nH]c(=S)n1C1CC1. The number of aromatic amines is 1. The van der Waals surface area contributed by atoms with Crippen LogP contribution < -0.4 is 0 Å². The predicted molar refractivity (Wildman–Crippen MR) is 57.9 cm³/mol. The van der Waals surface area contributed by atoms with Crippen LogP contribution in [0.2, 0.25) is 0 Å². The second kappa shape index (κ2) is 3.03. The van der Waals surface area contributed by atoms with Crippen LogP contribution in [0.25, 0.3) is 11.5 Å². The smallest absolute Gasteiger partial charge is 0.195 e. The third kappa shape index (κ3) is 1.32. The van der Waals surface area contributed by atoms with Crippen molar-refractivity contribution in [3.05, 3.63) is 17.0 Å². The van der Waals surface area contributed by atoms with Crippen molar-refractivity contribution in [2.75, 3.05) is 0 Å². The molecule has 0 aliphatic heterocycles. The second-order valence-electron chi connectivity index (χ2n) is 3.79. The summed E-state index contributed by atoms with van der Waals surface area (Å²) in [5, 5.41) is 11.3. The Morgan fingerprint density at radius 1 is 1.53 bits per heavy atom. The Kier molecular flexibility index (Phi) is 1.79. The third-order valence-corrected chi connectivity index (χ3v) is 2.95. The van der Waals surface area contributed by atoms with Gasteiger partial charge in [-0.2, -0.15) is 10.2 Å². The van der Waals surface area contributed by atoms with E-state index in [0.717, 1.165) is 11.5 Å². The molecule has 1 aliphatic carbocycles. The Labute approximate surface area is 91.7 Å². The summed E-state index contributed by atoms with van der Waals surface area (Å²) in [5.74, 6) is 0.891. The second-order valence-corrected chi connectivity index (χ2v) is 4.18. The van der Waals surface area contributed by atoms with Crippen LogP contribution >= 0.6 is 12.2 Å². The fourth-order valence-electron chi connectivity index (χ4n) is 1.75. The first-order valence-electron chi connectivity index (χ1n) is 4.92. The molecule has 3 rings (SSSR count). The number of rotatable bonds is 2. The fraction of sp³-hybridized carbons (Fsp3) is 0.444. The summed E-state index contributed by atoms with van der Waals surface area (Å²) < 4.78 is 4.60. The van der Waals surface area contributed by atoms with Gasteiger partial charge in [0.15, 0.2) is 10.6 Å². The molecule has 15 heavy (non-hydrogen) atoms. The zero-order chi connectivity index (χ0) is 10.4. The number of nitrogens with zero attached hydrogens (tertiary/aromatic N) is 4. The van der Waals surface area contributed by atoms with Crippen LogP contribution in [0.4, 0.5) is 0 Å². The van der Waals surface area contributed by atoms with Crippen LogP contribution in [0, 0.1) is 4.77 Å². The lowest BCUT2D eigenvalue weighted by molar-refractivity contribution is 0.713. The molecule has 78 valence electrons. The number of H-pyrrole nitrogens is 1. The van der Waals surface area contributed by atoms with E-state index in [1.807, 2.05) is 17.8 Å². The molecule has 0 unspecified atom stereocenters. The van der Waals surface area contributed by atoms with Gasteiger partial charge in [0.2, 0.25) is 0 Å². The number of aromatic nitrogens is 5. The first kappa shape index (κ1) is 8.84. The van der Waals surface area contributed by atoms with Gasteiger partial charge in [0.25, 0.3) is 0 Å². The van der Waals surface area contributed by atoms with Gasteiger partial charge >= 0.3 is 0 Å². The zero-order valence-electron chi connectivity index (χ0n) is 8.34. The average molecular weight is 221 g/mol. The summed E-state index contributed by atoms with van der Waals surface area (Å²) in [6, 6.07) is 2.48. The zero-order valence-corrected chi connectivity index (χ0v) is 9.16. The molecule has 0 atom stereocenters. The van der Waals surface area contributed by atoms with Crippen molar-refractivity contribution in [3.8, 4) is 11.5 Å². The molecule has 1 fully saturated rings. The van der Waals surface area contributed by atoms with Gasteiger partial charge in [-0.25, -0.2) is 0 Å². The Hall–Kier alpha value is -1.43. The monoisotopic (exact) mass is 221 g/mol. The molecule has 2 aromatic heterocycles. The van der Waals surface area contributed by atoms with E-state index in [1.165, 1.54) is 12.8 Å². The van der Waals surface area contributed by atoms with E-state index in [9.17, 15) is 0 Å². The van der Waals surface area contributed by atoms with Gasteiger partial charge in [-0.05, 0) is 31.1 Å². The van der Waals surface area contributed by atoms with Crippen LogP contribution in [0.15, 0.2) is 12.3 Å². The Bertz CT molecular complexity index is 545. The molecule has 0 bridgehead atoms. The number of hydrogen-bond donors (Lipinski definition) is 1. The third-order valence-electron chi connectivity index (χ3n) is 2.67. The van der Waals surface area contributed by atoms with Crippen molar-refractivity contribution < 1.29 is 0 Å². The van der Waals surface area contributed by atoms with Gasteiger partial charge in [0.05, 0.1) is 0 Å². The molecular formula is C9H11N5S. The van der Waals surface area contributed by atoms with Crippen molar-refractivity contribution in [1.82, 2.24) is 24.5 Å².